The molecule has 0 bridgehead atoms. The van der Waals surface area contributed by atoms with E-state index in [1.165, 1.54) is 13.2 Å². The van der Waals surface area contributed by atoms with Gasteiger partial charge in [-0.25, -0.2) is 13.2 Å². The van der Waals surface area contributed by atoms with Gasteiger partial charge < -0.3 is 18.9 Å². The van der Waals surface area contributed by atoms with Gasteiger partial charge in [0.05, 0.1) is 24.4 Å². The predicted octanol–water partition coefficient (Wildman–Crippen LogP) is 4.02. The van der Waals surface area contributed by atoms with E-state index in [0.29, 0.717) is 48.2 Å². The van der Waals surface area contributed by atoms with E-state index in [9.17, 15) is 13.2 Å². The molecule has 0 spiro atoms. The van der Waals surface area contributed by atoms with Crippen LogP contribution in [0.2, 0.25) is 0 Å². The van der Waals surface area contributed by atoms with E-state index in [2.05, 4.69) is 0 Å². The summed E-state index contributed by atoms with van der Waals surface area (Å²) >= 11 is 0. The van der Waals surface area contributed by atoms with Gasteiger partial charge in [-0.3, -0.25) is 0 Å². The van der Waals surface area contributed by atoms with Gasteiger partial charge in [0, 0.05) is 18.2 Å². The molecule has 0 fully saturated rings. The van der Waals surface area contributed by atoms with Crippen LogP contribution in [0, 0.1) is 0 Å². The number of benzene rings is 2. The number of ether oxygens (including phenoxy) is 4. The Morgan fingerprint density at radius 3 is 2.55 bits per heavy atom. The second-order valence-electron chi connectivity index (χ2n) is 6.97. The lowest BCUT2D eigenvalue weighted by atomic mass is 10.1. The molecule has 0 atom stereocenters. The second-order valence-corrected chi connectivity index (χ2v) is 9.04. The Morgan fingerprint density at radius 1 is 1.00 bits per heavy atom. The molecule has 0 aliphatic carbocycles. The Bertz CT molecular complexity index is 1060. The number of methoxy groups -OCH3 is 1. The molecule has 8 heteroatoms. The summed E-state index contributed by atoms with van der Waals surface area (Å²) in [5.74, 6) is 0.938. The average molecular weight is 447 g/mol. The van der Waals surface area contributed by atoms with Crippen LogP contribution < -0.4 is 9.47 Å². The molecule has 0 radical (unpaired) electrons. The zero-order valence-corrected chi connectivity index (χ0v) is 18.4. The lowest BCUT2D eigenvalue weighted by Crippen LogP contribution is -2.09. The van der Waals surface area contributed by atoms with Crippen molar-refractivity contribution in [3.05, 3.63) is 53.6 Å². The van der Waals surface area contributed by atoms with Gasteiger partial charge in [0.2, 0.25) is 0 Å². The molecular weight excluding hydrogens is 420 g/mol. The molecule has 31 heavy (non-hydrogen) atoms. The number of fused-ring (bicyclic) bond motifs is 1. The normalized spacial score (nSPS) is 14.7. The molecule has 0 unspecified atom stereocenters. The van der Waals surface area contributed by atoms with Crippen LogP contribution in [-0.2, 0) is 24.1 Å². The van der Waals surface area contributed by atoms with Crippen LogP contribution in [0.1, 0.15) is 25.3 Å². The predicted molar refractivity (Wildman–Crippen MR) is 116 cm³/mol. The molecular formula is C23H26O7S. The highest BCUT2D eigenvalue weighted by Gasteiger charge is 2.25. The maximum absolute atomic E-state index is 12.6. The van der Waals surface area contributed by atoms with Crippen molar-refractivity contribution in [3.8, 4) is 17.2 Å². The molecule has 0 N–H and O–H groups in total. The van der Waals surface area contributed by atoms with Gasteiger partial charge in [-0.1, -0.05) is 13.0 Å². The Labute approximate surface area is 182 Å². The maximum Gasteiger partial charge on any atom is 0.333 e. The Hall–Kier alpha value is -2.84. The van der Waals surface area contributed by atoms with Crippen molar-refractivity contribution < 1.29 is 32.2 Å². The van der Waals surface area contributed by atoms with E-state index >= 15 is 0 Å². The number of rotatable bonds is 9. The molecule has 0 saturated heterocycles. The van der Waals surface area contributed by atoms with Crippen molar-refractivity contribution in [2.24, 2.45) is 0 Å². The van der Waals surface area contributed by atoms with Gasteiger partial charge >= 0.3 is 5.97 Å². The van der Waals surface area contributed by atoms with Crippen LogP contribution in [0.15, 0.2) is 52.9 Å². The highest BCUT2D eigenvalue weighted by molar-refractivity contribution is 7.91. The van der Waals surface area contributed by atoms with E-state index < -0.39 is 15.8 Å². The number of sulfone groups is 1. The largest absolute Gasteiger partial charge is 0.491 e. The first-order valence-corrected chi connectivity index (χ1v) is 11.7. The minimum Gasteiger partial charge on any atom is -0.491 e. The zero-order valence-electron chi connectivity index (χ0n) is 17.6. The fourth-order valence-electron chi connectivity index (χ4n) is 3.12. The van der Waals surface area contributed by atoms with Crippen molar-refractivity contribution in [1.82, 2.24) is 0 Å². The van der Waals surface area contributed by atoms with Gasteiger partial charge in [0.1, 0.15) is 23.9 Å². The molecule has 2 aromatic carbocycles. The van der Waals surface area contributed by atoms with Crippen LogP contribution in [0.5, 0.6) is 17.2 Å². The highest BCUT2D eigenvalue weighted by atomic mass is 32.2. The first-order valence-electron chi connectivity index (χ1n) is 10.1. The average Bonchev–Trinajstić information content (AvgIpc) is 2.89. The number of carbonyl (C=O) groups is 1. The third kappa shape index (κ3) is 6.08. The van der Waals surface area contributed by atoms with E-state index in [0.717, 1.165) is 6.42 Å². The molecule has 166 valence electrons. The maximum atomic E-state index is 12.6. The number of esters is 1. The van der Waals surface area contributed by atoms with Crippen LogP contribution in [0.3, 0.4) is 0 Å². The zero-order chi connectivity index (χ0) is 22.3. The smallest absolute Gasteiger partial charge is 0.333 e. The van der Waals surface area contributed by atoms with Gasteiger partial charge in [0.15, 0.2) is 9.84 Å². The van der Waals surface area contributed by atoms with Gasteiger partial charge in [-0.15, -0.1) is 0 Å². The fraction of sp³-hybridized carbons (Fsp3) is 0.348. The summed E-state index contributed by atoms with van der Waals surface area (Å²) in [5, 5.41) is 0. The summed E-state index contributed by atoms with van der Waals surface area (Å²) in [6.07, 6.45) is 2.61. The minimum atomic E-state index is -3.51. The Kier molecular flexibility index (Phi) is 7.70. The van der Waals surface area contributed by atoms with Crippen LogP contribution >= 0.6 is 0 Å². The molecule has 1 heterocycles. The second kappa shape index (κ2) is 10.5. The molecule has 0 aromatic heterocycles. The molecule has 1 aliphatic heterocycles. The van der Waals surface area contributed by atoms with Gasteiger partial charge in [-0.2, -0.15) is 0 Å². The first-order chi connectivity index (χ1) is 14.9. The van der Waals surface area contributed by atoms with E-state index in [4.69, 9.17) is 18.9 Å². The van der Waals surface area contributed by atoms with Crippen molar-refractivity contribution in [2.45, 2.75) is 24.7 Å². The molecule has 1 aliphatic rings. The number of hydrogen-bond donors (Lipinski definition) is 0. The fourth-order valence-corrected chi connectivity index (χ4v) is 4.58. The summed E-state index contributed by atoms with van der Waals surface area (Å²) in [6.45, 7) is 3.69. The van der Waals surface area contributed by atoms with Crippen LogP contribution in [-0.4, -0.2) is 47.1 Å². The highest BCUT2D eigenvalue weighted by Crippen LogP contribution is 2.32. The molecule has 0 amide bonds. The summed E-state index contributed by atoms with van der Waals surface area (Å²) < 4.78 is 46.9. The van der Waals surface area contributed by atoms with Gasteiger partial charge in [0.25, 0.3) is 0 Å². The summed E-state index contributed by atoms with van der Waals surface area (Å²) in [4.78, 5) is 12.1. The van der Waals surface area contributed by atoms with Gasteiger partial charge in [-0.05, 0) is 54.8 Å². The van der Waals surface area contributed by atoms with Crippen molar-refractivity contribution in [2.75, 3.05) is 32.7 Å². The molecule has 3 rings (SSSR count). The summed E-state index contributed by atoms with van der Waals surface area (Å²) in [7, 11) is -2.24. The SMILES string of the molecule is CCCOCCOc1cccc(Oc2ccc3c(c2)C=C(C(=O)OC)CCS3(=O)=O)c1. The molecule has 7 nitrogen and oxygen atoms in total. The molecule has 0 saturated carbocycles. The van der Waals surface area contributed by atoms with Crippen molar-refractivity contribution >= 4 is 21.9 Å². The summed E-state index contributed by atoms with van der Waals surface area (Å²) in [6, 6.07) is 11.9. The third-order valence-electron chi connectivity index (χ3n) is 4.62. The van der Waals surface area contributed by atoms with Crippen LogP contribution in [0.25, 0.3) is 6.08 Å². The van der Waals surface area contributed by atoms with Crippen molar-refractivity contribution in [1.29, 1.82) is 0 Å². The van der Waals surface area contributed by atoms with Crippen molar-refractivity contribution in [3.63, 3.8) is 0 Å². The first kappa shape index (κ1) is 22.8. The molecule has 2 aromatic rings. The standard InChI is InChI=1S/C23H26O7S/c1-3-10-28-11-12-29-19-5-4-6-20(16-19)30-21-7-8-22-18(15-21)14-17(23(24)27-2)9-13-31(22,25)26/h4-8,14-16H,3,9-13H2,1-2H3. The Morgan fingerprint density at radius 2 is 1.77 bits per heavy atom. The van der Waals surface area contributed by atoms with E-state index in [1.807, 2.05) is 13.0 Å². The lowest BCUT2D eigenvalue weighted by molar-refractivity contribution is -0.136. The summed E-state index contributed by atoms with van der Waals surface area (Å²) in [5.41, 5.74) is 0.707. The third-order valence-corrected chi connectivity index (χ3v) is 6.40. The minimum absolute atomic E-state index is 0.0984. The monoisotopic (exact) mass is 446 g/mol. The number of carbonyl (C=O) groups excluding carboxylic acids is 1. The quantitative estimate of drug-likeness (QED) is 0.425. The number of hydrogen-bond acceptors (Lipinski definition) is 7. The van der Waals surface area contributed by atoms with Crippen LogP contribution in [0.4, 0.5) is 0 Å². The van der Waals surface area contributed by atoms with E-state index in [1.54, 1.807) is 36.4 Å². The topological polar surface area (TPSA) is 88.1 Å². The van der Waals surface area contributed by atoms with E-state index in [-0.39, 0.29) is 17.1 Å². The Balaban J connectivity index is 1.78. The lowest BCUT2D eigenvalue weighted by Gasteiger charge is -2.11.